The average molecular weight is 282 g/mol. The third-order valence-corrected chi connectivity index (χ3v) is 5.59. The highest BCUT2D eigenvalue weighted by Gasteiger charge is 2.54. The van der Waals surface area contributed by atoms with Gasteiger partial charge in [-0.2, -0.15) is 0 Å². The second-order valence-corrected chi connectivity index (χ2v) is 7.03. The summed E-state index contributed by atoms with van der Waals surface area (Å²) in [5.41, 5.74) is 0.138. The normalized spacial score (nSPS) is 29.1. The van der Waals surface area contributed by atoms with Gasteiger partial charge >= 0.3 is 0 Å². The van der Waals surface area contributed by atoms with Gasteiger partial charge in [0.05, 0.1) is 12.2 Å². The van der Waals surface area contributed by atoms with Crippen LogP contribution in [0.1, 0.15) is 90.4 Å². The van der Waals surface area contributed by atoms with Crippen LogP contribution in [0.15, 0.2) is 0 Å². The number of aliphatic hydroxyl groups is 1. The molecule has 2 unspecified atom stereocenters. The third-order valence-electron chi connectivity index (χ3n) is 5.59. The minimum absolute atomic E-state index is 0.0878. The maximum atomic E-state index is 10.2. The lowest BCUT2D eigenvalue weighted by Gasteiger charge is -2.53. The van der Waals surface area contributed by atoms with E-state index in [4.69, 9.17) is 4.74 Å². The monoisotopic (exact) mass is 282 g/mol. The van der Waals surface area contributed by atoms with E-state index in [-0.39, 0.29) is 11.5 Å². The molecule has 2 fully saturated rings. The van der Waals surface area contributed by atoms with Crippen molar-refractivity contribution in [3.8, 4) is 0 Å². The van der Waals surface area contributed by atoms with Crippen LogP contribution < -0.4 is 0 Å². The van der Waals surface area contributed by atoms with E-state index in [2.05, 4.69) is 6.92 Å². The van der Waals surface area contributed by atoms with E-state index >= 15 is 0 Å². The molecule has 0 radical (unpaired) electrons. The maximum Gasteiger partial charge on any atom is 0.0680 e. The number of hydrogen-bond donors (Lipinski definition) is 1. The zero-order chi connectivity index (χ0) is 14.3. The summed E-state index contributed by atoms with van der Waals surface area (Å²) in [5.74, 6) is 0. The van der Waals surface area contributed by atoms with Gasteiger partial charge in [0.15, 0.2) is 0 Å². The van der Waals surface area contributed by atoms with Crippen molar-refractivity contribution in [1.29, 1.82) is 0 Å². The van der Waals surface area contributed by atoms with Gasteiger partial charge in [-0.05, 0) is 19.3 Å². The molecule has 1 N–H and O–H groups in total. The molecule has 0 amide bonds. The van der Waals surface area contributed by atoms with Gasteiger partial charge < -0.3 is 9.84 Å². The highest BCUT2D eigenvalue weighted by Crippen LogP contribution is 2.52. The quantitative estimate of drug-likeness (QED) is 0.646. The Bertz CT molecular complexity index is 256. The van der Waals surface area contributed by atoms with Crippen LogP contribution in [0.5, 0.6) is 0 Å². The van der Waals surface area contributed by atoms with Gasteiger partial charge in [-0.25, -0.2) is 0 Å². The highest BCUT2D eigenvalue weighted by atomic mass is 16.5. The first-order valence-corrected chi connectivity index (χ1v) is 9.09. The molecule has 2 nitrogen and oxygen atoms in total. The number of aliphatic hydroxyl groups excluding tert-OH is 1. The fourth-order valence-corrected chi connectivity index (χ4v) is 4.11. The SMILES string of the molecule is CCCCCCCCOC1CC(O)C12CCCCCC2. The summed E-state index contributed by atoms with van der Waals surface area (Å²) in [7, 11) is 0. The lowest BCUT2D eigenvalue weighted by Crippen LogP contribution is -2.58. The summed E-state index contributed by atoms with van der Waals surface area (Å²) in [6.07, 6.45) is 16.7. The number of unbranched alkanes of at least 4 members (excludes halogenated alkanes) is 5. The Hall–Kier alpha value is -0.0800. The van der Waals surface area contributed by atoms with Crippen LogP contribution in [-0.2, 0) is 4.74 Å². The van der Waals surface area contributed by atoms with Gasteiger partial charge in [0.25, 0.3) is 0 Å². The number of ether oxygens (including phenoxy) is 1. The standard InChI is InChI=1S/C18H34O2/c1-2-3-4-5-8-11-14-20-17-15-16(19)18(17)12-9-6-7-10-13-18/h16-17,19H,2-15H2,1H3. The Morgan fingerprint density at radius 3 is 2.25 bits per heavy atom. The Balaban J connectivity index is 1.63. The molecule has 2 heteroatoms. The molecule has 20 heavy (non-hydrogen) atoms. The third kappa shape index (κ3) is 3.98. The molecule has 2 aliphatic carbocycles. The fraction of sp³-hybridized carbons (Fsp3) is 1.00. The van der Waals surface area contributed by atoms with E-state index in [1.807, 2.05) is 0 Å². The Morgan fingerprint density at radius 2 is 1.60 bits per heavy atom. The van der Waals surface area contributed by atoms with Gasteiger partial charge in [0.2, 0.25) is 0 Å². The van der Waals surface area contributed by atoms with E-state index in [0.29, 0.717) is 6.10 Å². The predicted molar refractivity (Wildman–Crippen MR) is 83.9 cm³/mol. The molecule has 118 valence electrons. The summed E-state index contributed by atoms with van der Waals surface area (Å²) in [6, 6.07) is 0. The maximum absolute atomic E-state index is 10.2. The fourth-order valence-electron chi connectivity index (χ4n) is 4.11. The molecule has 0 aromatic heterocycles. The number of hydrogen-bond acceptors (Lipinski definition) is 2. The lowest BCUT2D eigenvalue weighted by molar-refractivity contribution is -0.199. The molecule has 0 aromatic carbocycles. The molecule has 2 aliphatic rings. The van der Waals surface area contributed by atoms with Crippen molar-refractivity contribution < 1.29 is 9.84 Å². The van der Waals surface area contributed by atoms with E-state index < -0.39 is 0 Å². The first-order valence-electron chi connectivity index (χ1n) is 9.09. The smallest absolute Gasteiger partial charge is 0.0680 e. The first kappa shape index (κ1) is 16.3. The molecule has 2 saturated carbocycles. The summed E-state index contributed by atoms with van der Waals surface area (Å²) in [6.45, 7) is 3.17. The van der Waals surface area contributed by atoms with E-state index in [1.165, 1.54) is 77.0 Å². The molecule has 0 bridgehead atoms. The Labute approximate surface area is 125 Å². The first-order chi connectivity index (χ1) is 9.79. The van der Waals surface area contributed by atoms with Crippen LogP contribution in [0.25, 0.3) is 0 Å². The van der Waals surface area contributed by atoms with Crippen LogP contribution in [0.2, 0.25) is 0 Å². The molecule has 0 saturated heterocycles. The molecule has 0 aromatic rings. The van der Waals surface area contributed by atoms with Crippen molar-refractivity contribution in [2.75, 3.05) is 6.61 Å². The Morgan fingerprint density at radius 1 is 0.950 bits per heavy atom. The Kier molecular flexibility index (Phi) is 6.83. The average Bonchev–Trinajstić information content (AvgIpc) is 2.73. The second kappa shape index (κ2) is 8.38. The predicted octanol–water partition coefficient (Wildman–Crippen LogP) is 4.84. The molecule has 2 atom stereocenters. The second-order valence-electron chi connectivity index (χ2n) is 7.03. The van der Waals surface area contributed by atoms with Crippen molar-refractivity contribution in [3.05, 3.63) is 0 Å². The van der Waals surface area contributed by atoms with Crippen LogP contribution in [0.3, 0.4) is 0 Å². The minimum atomic E-state index is -0.0878. The lowest BCUT2D eigenvalue weighted by atomic mass is 9.59. The molecule has 2 rings (SSSR count). The molecule has 0 heterocycles. The minimum Gasteiger partial charge on any atom is -0.392 e. The summed E-state index contributed by atoms with van der Waals surface area (Å²) < 4.78 is 6.14. The van der Waals surface area contributed by atoms with Crippen LogP contribution in [0.4, 0.5) is 0 Å². The largest absolute Gasteiger partial charge is 0.392 e. The van der Waals surface area contributed by atoms with E-state index in [0.717, 1.165) is 13.0 Å². The molecular formula is C18H34O2. The zero-order valence-electron chi connectivity index (χ0n) is 13.4. The summed E-state index contributed by atoms with van der Waals surface area (Å²) in [4.78, 5) is 0. The van der Waals surface area contributed by atoms with Gasteiger partial charge in [-0.1, -0.05) is 64.7 Å². The van der Waals surface area contributed by atoms with Crippen LogP contribution >= 0.6 is 0 Å². The zero-order valence-corrected chi connectivity index (χ0v) is 13.4. The van der Waals surface area contributed by atoms with Gasteiger partial charge in [0.1, 0.15) is 0 Å². The van der Waals surface area contributed by atoms with Crippen molar-refractivity contribution >= 4 is 0 Å². The van der Waals surface area contributed by atoms with Crippen molar-refractivity contribution in [1.82, 2.24) is 0 Å². The van der Waals surface area contributed by atoms with Gasteiger partial charge in [-0.3, -0.25) is 0 Å². The number of rotatable bonds is 8. The van der Waals surface area contributed by atoms with E-state index in [1.54, 1.807) is 0 Å². The topological polar surface area (TPSA) is 29.5 Å². The van der Waals surface area contributed by atoms with Crippen molar-refractivity contribution in [3.63, 3.8) is 0 Å². The molecule has 1 spiro atoms. The van der Waals surface area contributed by atoms with Crippen molar-refractivity contribution in [2.45, 2.75) is 103 Å². The van der Waals surface area contributed by atoms with Crippen molar-refractivity contribution in [2.24, 2.45) is 5.41 Å². The van der Waals surface area contributed by atoms with Gasteiger partial charge in [0, 0.05) is 18.4 Å². The van der Waals surface area contributed by atoms with Crippen LogP contribution in [-0.4, -0.2) is 23.9 Å². The van der Waals surface area contributed by atoms with Crippen LogP contribution in [0, 0.1) is 5.41 Å². The summed E-state index contributed by atoms with van der Waals surface area (Å²) in [5, 5.41) is 10.2. The summed E-state index contributed by atoms with van der Waals surface area (Å²) >= 11 is 0. The van der Waals surface area contributed by atoms with E-state index in [9.17, 15) is 5.11 Å². The van der Waals surface area contributed by atoms with Gasteiger partial charge in [-0.15, -0.1) is 0 Å². The molecular weight excluding hydrogens is 248 g/mol. The molecule has 0 aliphatic heterocycles. The highest BCUT2D eigenvalue weighted by molar-refractivity contribution is 5.04.